The molecule has 550 valence electrons. The van der Waals surface area contributed by atoms with Crippen molar-refractivity contribution in [1.82, 2.24) is 5.32 Å². The molecule has 0 radical (unpaired) electrons. The Bertz CT molecular complexity index is 1970. The molecule has 2 saturated heterocycles. The van der Waals surface area contributed by atoms with E-state index in [0.29, 0.717) is 6.42 Å². The predicted molar refractivity (Wildman–Crippen MR) is 392 cm³/mol. The van der Waals surface area contributed by atoms with Gasteiger partial charge in [0.1, 0.15) is 48.8 Å². The lowest BCUT2D eigenvalue weighted by Crippen LogP contribution is -2.65. The van der Waals surface area contributed by atoms with Crippen molar-refractivity contribution >= 4 is 5.91 Å². The lowest BCUT2D eigenvalue weighted by Gasteiger charge is -2.46. The Kier molecular flexibility index (Phi) is 59.6. The third-order valence-electron chi connectivity index (χ3n) is 18.5. The van der Waals surface area contributed by atoms with E-state index in [1.165, 1.54) is 199 Å². The number of ether oxygens (including phenoxy) is 4. The molecule has 12 unspecified atom stereocenters. The Balaban J connectivity index is 1.65. The third kappa shape index (κ3) is 47.6. The van der Waals surface area contributed by atoms with Crippen LogP contribution in [-0.4, -0.2) is 140 Å². The zero-order valence-corrected chi connectivity index (χ0v) is 60.1. The molecule has 2 heterocycles. The van der Waals surface area contributed by atoms with E-state index < -0.39 is 86.8 Å². The van der Waals surface area contributed by atoms with E-state index in [2.05, 4.69) is 104 Å². The molecule has 14 heteroatoms. The second-order valence-electron chi connectivity index (χ2n) is 27.1. The van der Waals surface area contributed by atoms with Gasteiger partial charge in [-0.1, -0.05) is 329 Å². The molecule has 0 aromatic heterocycles. The Labute approximate surface area is 579 Å². The molecule has 2 fully saturated rings. The van der Waals surface area contributed by atoms with Crippen molar-refractivity contribution in [2.45, 2.75) is 389 Å². The first kappa shape index (κ1) is 88.0. The number of aliphatic hydroxyl groups is 8. The lowest BCUT2D eigenvalue weighted by atomic mass is 9.97. The molecule has 0 aromatic rings. The quantitative estimate of drug-likeness (QED) is 0.0204. The molecule has 9 N–H and O–H groups in total. The van der Waals surface area contributed by atoms with Crippen molar-refractivity contribution in [3.63, 3.8) is 0 Å². The number of amides is 1. The molecule has 2 aliphatic heterocycles. The molecule has 0 saturated carbocycles. The van der Waals surface area contributed by atoms with Gasteiger partial charge in [0, 0.05) is 6.42 Å². The van der Waals surface area contributed by atoms with Gasteiger partial charge < -0.3 is 65.1 Å². The third-order valence-corrected chi connectivity index (χ3v) is 18.5. The monoisotopic (exact) mass is 1340 g/mol. The summed E-state index contributed by atoms with van der Waals surface area (Å²) in [5.41, 5.74) is 0. The standard InChI is InChI=1S/C81H143NO13/c1-3-5-7-9-11-13-15-17-19-21-23-25-27-29-31-33-34-35-36-37-39-41-43-45-47-49-51-53-55-57-59-61-63-65-73(86)82-69(68-92-80-78(91)76(89)79(72(67-84)94-80)95-81-77(90)75(88)74(87)71(66-83)93-81)70(85)64-62-60-58-56-54-52-50-48-46-44-42-40-38-32-30-28-26-24-22-20-18-16-14-12-10-8-6-4-2/h5,7,11,13,17,19,23,25,29,31,34-35,37,39,62,64,69-72,74-81,83-85,87-91H,3-4,6,8-10,12,14-16,18,20-22,24,26-28,30,32-33,36,38,40-61,63,65-68H2,1-2H3,(H,82,86)/b7-5-,13-11-,19-17-,25-23-,31-29-,35-34-,39-37-,64-62+. The fraction of sp³-hybridized carbons (Fsp3) is 0.790. The average molecular weight is 1340 g/mol. The summed E-state index contributed by atoms with van der Waals surface area (Å²) in [6.07, 6.45) is 74.7. The van der Waals surface area contributed by atoms with Crippen LogP contribution in [0.25, 0.3) is 0 Å². The van der Waals surface area contributed by atoms with Gasteiger partial charge >= 0.3 is 0 Å². The highest BCUT2D eigenvalue weighted by Crippen LogP contribution is 2.30. The SMILES string of the molecule is CC/C=C\C/C=C\C/C=C\C/C=C\C/C=C\C/C=C\C/C=C\CCCCCCCCCCCCCC(=O)NC(COC1OC(CO)C(OC2OC(CO)C(O)C(O)C2O)C(O)C1O)C(O)/C=C/CCCCCCCCCCCCCCCCCCCCCCCCCCCC. The number of carbonyl (C=O) groups excluding carboxylic acids is 1. The van der Waals surface area contributed by atoms with Gasteiger partial charge in [-0.3, -0.25) is 4.79 Å². The van der Waals surface area contributed by atoms with Crippen LogP contribution in [0.5, 0.6) is 0 Å². The summed E-state index contributed by atoms with van der Waals surface area (Å²) in [7, 11) is 0. The summed E-state index contributed by atoms with van der Waals surface area (Å²) in [6.45, 7) is 2.72. The first-order valence-electron chi connectivity index (χ1n) is 39.0. The molecule has 0 aliphatic carbocycles. The normalized spacial score (nSPS) is 22.9. The van der Waals surface area contributed by atoms with Gasteiger partial charge in [0.15, 0.2) is 12.6 Å². The molecule has 14 nitrogen and oxygen atoms in total. The molecule has 0 bridgehead atoms. The first-order chi connectivity index (χ1) is 46.6. The summed E-state index contributed by atoms with van der Waals surface area (Å²) in [4.78, 5) is 13.4. The maximum absolute atomic E-state index is 13.4. The predicted octanol–water partition coefficient (Wildman–Crippen LogP) is 17.3. The van der Waals surface area contributed by atoms with Crippen LogP contribution in [0, 0.1) is 0 Å². The Morgan fingerprint density at radius 1 is 0.389 bits per heavy atom. The van der Waals surface area contributed by atoms with E-state index in [4.69, 9.17) is 18.9 Å². The number of aliphatic hydroxyl groups excluding tert-OH is 8. The summed E-state index contributed by atoms with van der Waals surface area (Å²) >= 11 is 0. The van der Waals surface area contributed by atoms with Gasteiger partial charge in [-0.2, -0.15) is 0 Å². The second kappa shape index (κ2) is 64.3. The van der Waals surface area contributed by atoms with Crippen molar-refractivity contribution in [3.05, 3.63) is 97.2 Å². The molecule has 0 aromatic carbocycles. The van der Waals surface area contributed by atoms with Crippen LogP contribution in [0.3, 0.4) is 0 Å². The van der Waals surface area contributed by atoms with Crippen LogP contribution in [0.1, 0.15) is 316 Å². The minimum Gasteiger partial charge on any atom is -0.394 e. The van der Waals surface area contributed by atoms with E-state index in [1.807, 2.05) is 6.08 Å². The number of nitrogens with one attached hydrogen (secondary N) is 1. The summed E-state index contributed by atoms with van der Waals surface area (Å²) in [5, 5.41) is 87.7. The molecule has 2 rings (SSSR count). The van der Waals surface area contributed by atoms with E-state index in [9.17, 15) is 45.6 Å². The number of unbranched alkanes of at least 4 members (excludes halogenated alkanes) is 37. The van der Waals surface area contributed by atoms with Gasteiger partial charge in [-0.15, -0.1) is 0 Å². The second-order valence-corrected chi connectivity index (χ2v) is 27.1. The van der Waals surface area contributed by atoms with E-state index in [1.54, 1.807) is 6.08 Å². The van der Waals surface area contributed by atoms with Crippen LogP contribution >= 0.6 is 0 Å². The van der Waals surface area contributed by atoms with Crippen LogP contribution in [0.15, 0.2) is 97.2 Å². The highest BCUT2D eigenvalue weighted by molar-refractivity contribution is 5.76. The number of rotatable bonds is 64. The first-order valence-corrected chi connectivity index (χ1v) is 39.0. The molecule has 1 amide bonds. The van der Waals surface area contributed by atoms with E-state index in [0.717, 1.165) is 89.9 Å². The molecular weight excluding hydrogens is 1190 g/mol. The smallest absolute Gasteiger partial charge is 0.220 e. The molecule has 0 spiro atoms. The number of allylic oxidation sites excluding steroid dienone is 15. The van der Waals surface area contributed by atoms with Gasteiger partial charge in [-0.25, -0.2) is 0 Å². The van der Waals surface area contributed by atoms with Gasteiger partial charge in [-0.05, 0) is 77.0 Å². The number of hydrogen-bond acceptors (Lipinski definition) is 13. The van der Waals surface area contributed by atoms with Crippen LogP contribution < -0.4 is 5.32 Å². The lowest BCUT2D eigenvalue weighted by molar-refractivity contribution is -0.359. The van der Waals surface area contributed by atoms with E-state index >= 15 is 0 Å². The highest BCUT2D eigenvalue weighted by Gasteiger charge is 2.51. The van der Waals surface area contributed by atoms with Crippen molar-refractivity contribution in [2.24, 2.45) is 0 Å². The van der Waals surface area contributed by atoms with Crippen molar-refractivity contribution in [2.75, 3.05) is 19.8 Å². The highest BCUT2D eigenvalue weighted by atomic mass is 16.7. The van der Waals surface area contributed by atoms with E-state index in [-0.39, 0.29) is 18.9 Å². The van der Waals surface area contributed by atoms with Crippen molar-refractivity contribution < 1.29 is 64.6 Å². The van der Waals surface area contributed by atoms with Gasteiger partial charge in [0.05, 0.1) is 32.0 Å². The molecular formula is C81H143NO13. The maximum atomic E-state index is 13.4. The number of carbonyl (C=O) groups is 1. The van der Waals surface area contributed by atoms with Gasteiger partial charge in [0.25, 0.3) is 0 Å². The molecule has 12 atom stereocenters. The van der Waals surface area contributed by atoms with Gasteiger partial charge in [0.2, 0.25) is 5.91 Å². The Morgan fingerprint density at radius 2 is 0.726 bits per heavy atom. The van der Waals surface area contributed by atoms with Crippen LogP contribution in [0.4, 0.5) is 0 Å². The largest absolute Gasteiger partial charge is 0.394 e. The summed E-state index contributed by atoms with van der Waals surface area (Å²) in [6, 6.07) is -0.924. The number of hydrogen-bond donors (Lipinski definition) is 9. The fourth-order valence-corrected chi connectivity index (χ4v) is 12.4. The Hall–Kier alpha value is -3.09. The summed E-state index contributed by atoms with van der Waals surface area (Å²) in [5.74, 6) is -0.242. The molecule has 95 heavy (non-hydrogen) atoms. The maximum Gasteiger partial charge on any atom is 0.220 e. The topological polar surface area (TPSA) is 228 Å². The zero-order valence-electron chi connectivity index (χ0n) is 60.1. The molecule has 2 aliphatic rings. The van der Waals surface area contributed by atoms with Crippen LogP contribution in [0.2, 0.25) is 0 Å². The minimum absolute atomic E-state index is 0.242. The minimum atomic E-state index is -1.79. The van der Waals surface area contributed by atoms with Crippen LogP contribution in [-0.2, 0) is 23.7 Å². The van der Waals surface area contributed by atoms with Crippen molar-refractivity contribution in [3.8, 4) is 0 Å². The summed E-state index contributed by atoms with van der Waals surface area (Å²) < 4.78 is 22.9. The zero-order chi connectivity index (χ0) is 68.7. The van der Waals surface area contributed by atoms with Crippen molar-refractivity contribution in [1.29, 1.82) is 0 Å². The average Bonchev–Trinajstić information content (AvgIpc) is 0.801. The Morgan fingerprint density at radius 3 is 1.12 bits per heavy atom. The fourth-order valence-electron chi connectivity index (χ4n) is 12.4.